The molecular formula is C14H16S. The van der Waals surface area contributed by atoms with E-state index in [0.717, 1.165) is 0 Å². The first-order valence-corrected chi connectivity index (χ1v) is 6.37. The maximum absolute atomic E-state index is 2.32. The summed E-state index contributed by atoms with van der Waals surface area (Å²) in [7, 11) is 0. The van der Waals surface area contributed by atoms with Crippen LogP contribution in [0.2, 0.25) is 0 Å². The second-order valence-electron chi connectivity index (χ2n) is 3.92. The highest BCUT2D eigenvalue weighted by Gasteiger charge is 2.02. The molecule has 0 amide bonds. The van der Waals surface area contributed by atoms with Crippen LogP contribution < -0.4 is 0 Å². The first-order chi connectivity index (χ1) is 7.31. The van der Waals surface area contributed by atoms with Crippen molar-refractivity contribution in [2.45, 2.75) is 26.7 Å². The van der Waals surface area contributed by atoms with Gasteiger partial charge in [-0.25, -0.2) is 0 Å². The number of hydrogen-bond donors (Lipinski definition) is 0. The van der Waals surface area contributed by atoms with Gasteiger partial charge in [0.05, 0.1) is 0 Å². The van der Waals surface area contributed by atoms with Gasteiger partial charge in [-0.05, 0) is 46.4 Å². The van der Waals surface area contributed by atoms with Crippen LogP contribution in [0.15, 0.2) is 35.0 Å². The molecule has 0 bridgehead atoms. The van der Waals surface area contributed by atoms with Crippen molar-refractivity contribution in [1.82, 2.24) is 0 Å². The second-order valence-corrected chi connectivity index (χ2v) is 4.66. The van der Waals surface area contributed by atoms with Gasteiger partial charge in [0.2, 0.25) is 0 Å². The van der Waals surface area contributed by atoms with E-state index in [4.69, 9.17) is 0 Å². The predicted octanol–water partition coefficient (Wildman–Crippen LogP) is 4.68. The molecule has 15 heavy (non-hydrogen) atoms. The van der Waals surface area contributed by atoms with Gasteiger partial charge in [0, 0.05) is 0 Å². The van der Waals surface area contributed by atoms with Gasteiger partial charge in [-0.2, -0.15) is 11.3 Å². The van der Waals surface area contributed by atoms with Crippen LogP contribution in [0.3, 0.4) is 0 Å². The first kappa shape index (κ1) is 10.4. The maximum Gasteiger partial charge on any atom is -0.00120 e. The van der Waals surface area contributed by atoms with Gasteiger partial charge in [-0.3, -0.25) is 0 Å². The molecule has 0 unspecified atom stereocenters. The Labute approximate surface area is 95.6 Å². The van der Waals surface area contributed by atoms with Crippen molar-refractivity contribution < 1.29 is 0 Å². The summed E-state index contributed by atoms with van der Waals surface area (Å²) in [5.74, 6) is 0. The van der Waals surface area contributed by atoms with E-state index < -0.39 is 0 Å². The minimum Gasteiger partial charge on any atom is -0.151 e. The molecule has 1 heteroatoms. The third-order valence-electron chi connectivity index (χ3n) is 2.63. The topological polar surface area (TPSA) is 0 Å². The third kappa shape index (κ3) is 2.29. The van der Waals surface area contributed by atoms with E-state index >= 15 is 0 Å². The predicted molar refractivity (Wildman–Crippen MR) is 68.5 cm³/mol. The van der Waals surface area contributed by atoms with Gasteiger partial charge in [0.1, 0.15) is 0 Å². The van der Waals surface area contributed by atoms with E-state index in [-0.39, 0.29) is 0 Å². The minimum absolute atomic E-state index is 1.18. The largest absolute Gasteiger partial charge is 0.151 e. The second kappa shape index (κ2) is 4.63. The van der Waals surface area contributed by atoms with Crippen LogP contribution in [-0.2, 0) is 6.42 Å². The highest BCUT2D eigenvalue weighted by molar-refractivity contribution is 7.08. The van der Waals surface area contributed by atoms with Crippen molar-refractivity contribution in [3.63, 3.8) is 0 Å². The van der Waals surface area contributed by atoms with Crippen LogP contribution in [0.1, 0.15) is 24.5 Å². The molecule has 0 fully saturated rings. The van der Waals surface area contributed by atoms with Crippen LogP contribution in [-0.4, -0.2) is 0 Å². The van der Waals surface area contributed by atoms with Gasteiger partial charge in [0.15, 0.2) is 0 Å². The fourth-order valence-electron chi connectivity index (χ4n) is 1.84. The van der Waals surface area contributed by atoms with E-state index in [2.05, 4.69) is 48.9 Å². The van der Waals surface area contributed by atoms with Crippen molar-refractivity contribution >= 4 is 11.3 Å². The van der Waals surface area contributed by atoms with E-state index in [0.29, 0.717) is 0 Å². The lowest BCUT2D eigenvalue weighted by atomic mass is 10.0. The van der Waals surface area contributed by atoms with Gasteiger partial charge in [-0.1, -0.05) is 37.6 Å². The van der Waals surface area contributed by atoms with Gasteiger partial charge in [0.25, 0.3) is 0 Å². The van der Waals surface area contributed by atoms with E-state index in [1.807, 2.05) is 0 Å². The highest BCUT2D eigenvalue weighted by atomic mass is 32.1. The molecule has 78 valence electrons. The Morgan fingerprint density at radius 3 is 2.73 bits per heavy atom. The summed E-state index contributed by atoms with van der Waals surface area (Å²) in [5.41, 5.74) is 5.58. The molecule has 2 rings (SSSR count). The van der Waals surface area contributed by atoms with Crippen molar-refractivity contribution in [2.24, 2.45) is 0 Å². The molecule has 1 heterocycles. The Kier molecular flexibility index (Phi) is 3.22. The normalized spacial score (nSPS) is 10.5. The summed E-state index contributed by atoms with van der Waals surface area (Å²) < 4.78 is 0. The summed E-state index contributed by atoms with van der Waals surface area (Å²) in [6, 6.07) is 8.90. The Bertz CT molecular complexity index is 440. The van der Waals surface area contributed by atoms with Crippen molar-refractivity contribution in [3.05, 3.63) is 46.2 Å². The summed E-state index contributed by atoms with van der Waals surface area (Å²) >= 11 is 1.78. The first-order valence-electron chi connectivity index (χ1n) is 5.43. The molecule has 0 nitrogen and oxygen atoms in total. The molecule has 0 saturated heterocycles. The van der Waals surface area contributed by atoms with Crippen LogP contribution in [0.5, 0.6) is 0 Å². The zero-order chi connectivity index (χ0) is 10.7. The molecule has 1 aromatic carbocycles. The van der Waals surface area contributed by atoms with Crippen molar-refractivity contribution in [3.8, 4) is 11.1 Å². The molecule has 0 radical (unpaired) electrons. The van der Waals surface area contributed by atoms with E-state index in [9.17, 15) is 0 Å². The Hall–Kier alpha value is -1.08. The number of aryl methyl sites for hydroxylation is 2. The quantitative estimate of drug-likeness (QED) is 0.699. The SMILES string of the molecule is CCCc1cccc(-c2cscc2C)c1. The number of rotatable bonds is 3. The molecule has 0 aliphatic heterocycles. The monoisotopic (exact) mass is 216 g/mol. The molecule has 0 spiro atoms. The molecule has 0 aliphatic rings. The van der Waals surface area contributed by atoms with Crippen molar-refractivity contribution in [1.29, 1.82) is 0 Å². The van der Waals surface area contributed by atoms with E-state index in [1.54, 1.807) is 11.3 Å². The lowest BCUT2D eigenvalue weighted by Crippen LogP contribution is -1.84. The minimum atomic E-state index is 1.18. The van der Waals surface area contributed by atoms with Crippen LogP contribution in [0, 0.1) is 6.92 Å². The molecule has 0 N–H and O–H groups in total. The molecular weight excluding hydrogens is 200 g/mol. The lowest BCUT2D eigenvalue weighted by molar-refractivity contribution is 0.922. The third-order valence-corrected chi connectivity index (χ3v) is 3.49. The van der Waals surface area contributed by atoms with E-state index in [1.165, 1.54) is 35.1 Å². The standard InChI is InChI=1S/C14H16S/c1-3-5-12-6-4-7-13(8-12)14-10-15-9-11(14)2/h4,6-10H,3,5H2,1-2H3. The van der Waals surface area contributed by atoms with Gasteiger partial charge < -0.3 is 0 Å². The molecule has 0 aliphatic carbocycles. The van der Waals surface area contributed by atoms with Gasteiger partial charge in [-0.15, -0.1) is 0 Å². The fraction of sp³-hybridized carbons (Fsp3) is 0.286. The Morgan fingerprint density at radius 1 is 1.20 bits per heavy atom. The lowest BCUT2D eigenvalue weighted by Gasteiger charge is -2.04. The zero-order valence-corrected chi connectivity index (χ0v) is 10.1. The number of benzene rings is 1. The Morgan fingerprint density at radius 2 is 2.07 bits per heavy atom. The summed E-state index contributed by atoms with van der Waals surface area (Å²) in [5, 5.41) is 4.45. The number of hydrogen-bond acceptors (Lipinski definition) is 1. The van der Waals surface area contributed by atoms with Crippen LogP contribution in [0.4, 0.5) is 0 Å². The average Bonchev–Trinajstić information content (AvgIpc) is 2.65. The average molecular weight is 216 g/mol. The summed E-state index contributed by atoms with van der Waals surface area (Å²) in [6.07, 6.45) is 2.39. The molecule has 0 atom stereocenters. The zero-order valence-electron chi connectivity index (χ0n) is 9.29. The summed E-state index contributed by atoms with van der Waals surface area (Å²) in [4.78, 5) is 0. The van der Waals surface area contributed by atoms with Crippen LogP contribution >= 0.6 is 11.3 Å². The smallest absolute Gasteiger partial charge is 0.00120 e. The fourth-order valence-corrected chi connectivity index (χ4v) is 2.70. The Balaban J connectivity index is 2.37. The van der Waals surface area contributed by atoms with Gasteiger partial charge >= 0.3 is 0 Å². The number of thiophene rings is 1. The molecule has 2 aromatic rings. The molecule has 0 saturated carbocycles. The highest BCUT2D eigenvalue weighted by Crippen LogP contribution is 2.27. The maximum atomic E-state index is 2.32. The van der Waals surface area contributed by atoms with Crippen molar-refractivity contribution in [2.75, 3.05) is 0 Å². The van der Waals surface area contributed by atoms with Crippen LogP contribution in [0.25, 0.3) is 11.1 Å². The molecule has 1 aromatic heterocycles. The summed E-state index contributed by atoms with van der Waals surface area (Å²) in [6.45, 7) is 4.40.